The van der Waals surface area contributed by atoms with E-state index in [1.165, 1.54) is 11.3 Å². The number of anilines is 1. The van der Waals surface area contributed by atoms with Gasteiger partial charge in [-0.05, 0) is 12.1 Å². The first-order valence-corrected chi connectivity index (χ1v) is 7.03. The molecule has 0 fully saturated rings. The summed E-state index contributed by atoms with van der Waals surface area (Å²) in [6, 6.07) is 4.88. The molecule has 2 aromatic heterocycles. The van der Waals surface area contributed by atoms with Crippen LogP contribution in [0.25, 0.3) is 4.96 Å². The van der Waals surface area contributed by atoms with E-state index in [4.69, 9.17) is 22.1 Å². The van der Waals surface area contributed by atoms with Crippen LogP contribution >= 0.6 is 22.9 Å². The number of nitrogen functional groups attached to an aromatic ring is 1. The molecule has 102 valence electrons. The van der Waals surface area contributed by atoms with Crippen molar-refractivity contribution in [1.29, 1.82) is 0 Å². The normalized spacial score (nSPS) is 10.8. The SMILES string of the molecule is Nc1cccc(Cl)c1C(=O)OCc1cn2ccsc2n1. The molecule has 2 N–H and O–H groups in total. The first-order valence-electron chi connectivity index (χ1n) is 5.77. The van der Waals surface area contributed by atoms with Crippen molar-refractivity contribution >= 4 is 39.6 Å². The minimum Gasteiger partial charge on any atom is -0.455 e. The zero-order valence-electron chi connectivity index (χ0n) is 10.2. The number of ether oxygens (including phenoxy) is 1. The number of halogens is 1. The fraction of sp³-hybridized carbons (Fsp3) is 0.0769. The standard InChI is InChI=1S/C13H10ClN3O2S/c14-9-2-1-3-10(15)11(9)12(18)19-7-8-6-17-4-5-20-13(17)16-8/h1-6H,7,15H2. The number of fused-ring (bicyclic) bond motifs is 1. The molecule has 0 radical (unpaired) electrons. The van der Waals surface area contributed by atoms with Crippen molar-refractivity contribution in [2.24, 2.45) is 0 Å². The topological polar surface area (TPSA) is 69.6 Å². The monoisotopic (exact) mass is 307 g/mol. The lowest BCUT2D eigenvalue weighted by atomic mass is 10.2. The van der Waals surface area contributed by atoms with Gasteiger partial charge in [0.1, 0.15) is 12.2 Å². The lowest BCUT2D eigenvalue weighted by Crippen LogP contribution is -2.09. The van der Waals surface area contributed by atoms with Crippen LogP contribution in [0.4, 0.5) is 5.69 Å². The maximum absolute atomic E-state index is 12.0. The molecule has 5 nitrogen and oxygen atoms in total. The first kappa shape index (κ1) is 13.0. The second-order valence-corrected chi connectivity index (χ2v) is 5.39. The summed E-state index contributed by atoms with van der Waals surface area (Å²) in [4.78, 5) is 17.2. The quantitative estimate of drug-likeness (QED) is 0.596. The van der Waals surface area contributed by atoms with Gasteiger partial charge in [-0.1, -0.05) is 17.7 Å². The highest BCUT2D eigenvalue weighted by atomic mass is 35.5. The van der Waals surface area contributed by atoms with Gasteiger partial charge in [-0.3, -0.25) is 4.40 Å². The Balaban J connectivity index is 1.75. The predicted molar refractivity (Wildman–Crippen MR) is 78.1 cm³/mol. The van der Waals surface area contributed by atoms with Gasteiger partial charge in [0.15, 0.2) is 4.96 Å². The molecule has 0 amide bonds. The Morgan fingerprint density at radius 1 is 1.50 bits per heavy atom. The Bertz CT molecular complexity index is 732. The number of hydrogen-bond acceptors (Lipinski definition) is 5. The third-order valence-corrected chi connectivity index (χ3v) is 3.83. The number of imidazole rings is 1. The molecule has 2 heterocycles. The van der Waals surface area contributed by atoms with Crippen LogP contribution in [0.3, 0.4) is 0 Å². The van der Waals surface area contributed by atoms with Gasteiger partial charge >= 0.3 is 5.97 Å². The number of carbonyl (C=O) groups is 1. The van der Waals surface area contributed by atoms with E-state index in [1.807, 2.05) is 22.2 Å². The number of esters is 1. The molecule has 7 heteroatoms. The molecule has 0 saturated heterocycles. The molecule has 0 atom stereocenters. The van der Waals surface area contributed by atoms with Crippen molar-refractivity contribution in [3.8, 4) is 0 Å². The van der Waals surface area contributed by atoms with Crippen molar-refractivity contribution < 1.29 is 9.53 Å². The van der Waals surface area contributed by atoms with Crippen LogP contribution in [0.1, 0.15) is 16.1 Å². The van der Waals surface area contributed by atoms with E-state index in [1.54, 1.807) is 18.2 Å². The first-order chi connectivity index (χ1) is 9.65. The summed E-state index contributed by atoms with van der Waals surface area (Å²) in [6.07, 6.45) is 3.71. The molecule has 0 aliphatic heterocycles. The summed E-state index contributed by atoms with van der Waals surface area (Å²) in [7, 11) is 0. The predicted octanol–water partition coefficient (Wildman–Crippen LogP) is 2.99. The molecular formula is C13H10ClN3O2S. The van der Waals surface area contributed by atoms with Crippen LogP contribution in [0.5, 0.6) is 0 Å². The van der Waals surface area contributed by atoms with Gasteiger partial charge < -0.3 is 10.5 Å². The lowest BCUT2D eigenvalue weighted by Gasteiger charge is -2.07. The van der Waals surface area contributed by atoms with Gasteiger partial charge in [-0.25, -0.2) is 9.78 Å². The summed E-state index contributed by atoms with van der Waals surface area (Å²) in [5.41, 5.74) is 6.90. The molecular weight excluding hydrogens is 298 g/mol. The largest absolute Gasteiger partial charge is 0.455 e. The Morgan fingerprint density at radius 2 is 2.35 bits per heavy atom. The summed E-state index contributed by atoms with van der Waals surface area (Å²) in [6.45, 7) is 0.0812. The Morgan fingerprint density at radius 3 is 3.10 bits per heavy atom. The lowest BCUT2D eigenvalue weighted by molar-refractivity contribution is 0.0470. The van der Waals surface area contributed by atoms with Crippen LogP contribution in [0.15, 0.2) is 36.0 Å². The van der Waals surface area contributed by atoms with Crippen LogP contribution in [0.2, 0.25) is 5.02 Å². The van der Waals surface area contributed by atoms with Gasteiger partial charge in [-0.15, -0.1) is 11.3 Å². The van der Waals surface area contributed by atoms with E-state index in [2.05, 4.69) is 4.98 Å². The number of aromatic nitrogens is 2. The van der Waals surface area contributed by atoms with Crippen molar-refractivity contribution in [2.75, 3.05) is 5.73 Å². The summed E-state index contributed by atoms with van der Waals surface area (Å²) in [5.74, 6) is -0.551. The van der Waals surface area contributed by atoms with Crippen molar-refractivity contribution in [3.05, 3.63) is 52.3 Å². The fourth-order valence-electron chi connectivity index (χ4n) is 1.81. The molecule has 3 rings (SSSR count). The Labute approximate surface area is 123 Å². The maximum atomic E-state index is 12.0. The van der Waals surface area contributed by atoms with Crippen LogP contribution < -0.4 is 5.73 Å². The number of rotatable bonds is 3. The number of nitrogens with zero attached hydrogens (tertiary/aromatic N) is 2. The smallest absolute Gasteiger partial charge is 0.342 e. The second-order valence-electron chi connectivity index (χ2n) is 4.11. The maximum Gasteiger partial charge on any atom is 0.342 e. The number of hydrogen-bond donors (Lipinski definition) is 1. The molecule has 0 spiro atoms. The van der Waals surface area contributed by atoms with Crippen LogP contribution in [-0.4, -0.2) is 15.4 Å². The summed E-state index contributed by atoms with van der Waals surface area (Å²) < 4.78 is 7.07. The third kappa shape index (κ3) is 2.35. The van der Waals surface area contributed by atoms with Gasteiger partial charge in [-0.2, -0.15) is 0 Å². The Kier molecular flexibility index (Phi) is 3.33. The number of thiazole rings is 1. The van der Waals surface area contributed by atoms with E-state index >= 15 is 0 Å². The number of benzene rings is 1. The highest BCUT2D eigenvalue weighted by Gasteiger charge is 2.16. The highest BCUT2D eigenvalue weighted by molar-refractivity contribution is 7.15. The molecule has 0 aliphatic rings. The van der Waals surface area contributed by atoms with Gasteiger partial charge in [0.05, 0.1) is 10.7 Å². The van der Waals surface area contributed by atoms with Gasteiger partial charge in [0.25, 0.3) is 0 Å². The summed E-state index contributed by atoms with van der Waals surface area (Å²) >= 11 is 7.47. The Hall–Kier alpha value is -2.05. The molecule has 20 heavy (non-hydrogen) atoms. The average molecular weight is 308 g/mol. The van der Waals surface area contributed by atoms with Crippen LogP contribution in [-0.2, 0) is 11.3 Å². The molecule has 0 unspecified atom stereocenters. The minimum absolute atomic E-state index is 0.0812. The van der Waals surface area contributed by atoms with E-state index in [0.717, 1.165) is 4.96 Å². The third-order valence-electron chi connectivity index (χ3n) is 2.74. The molecule has 3 aromatic rings. The fourth-order valence-corrected chi connectivity index (χ4v) is 2.79. The van der Waals surface area contributed by atoms with Crippen molar-refractivity contribution in [2.45, 2.75) is 6.61 Å². The second kappa shape index (κ2) is 5.15. The number of nitrogens with two attached hydrogens (primary N) is 1. The van der Waals surface area contributed by atoms with Gasteiger partial charge in [0, 0.05) is 23.5 Å². The van der Waals surface area contributed by atoms with Crippen molar-refractivity contribution in [3.63, 3.8) is 0 Å². The summed E-state index contributed by atoms with van der Waals surface area (Å²) in [5, 5.41) is 2.21. The van der Waals surface area contributed by atoms with Gasteiger partial charge in [0.2, 0.25) is 0 Å². The highest BCUT2D eigenvalue weighted by Crippen LogP contribution is 2.23. The zero-order valence-corrected chi connectivity index (χ0v) is 11.8. The molecule has 0 aliphatic carbocycles. The van der Waals surface area contributed by atoms with E-state index < -0.39 is 5.97 Å². The minimum atomic E-state index is -0.551. The van der Waals surface area contributed by atoms with E-state index in [9.17, 15) is 4.79 Å². The van der Waals surface area contributed by atoms with E-state index in [0.29, 0.717) is 11.4 Å². The van der Waals surface area contributed by atoms with Crippen LogP contribution in [0, 0.1) is 0 Å². The molecule has 0 saturated carbocycles. The average Bonchev–Trinajstić information content (AvgIpc) is 2.96. The zero-order chi connectivity index (χ0) is 14.1. The van der Waals surface area contributed by atoms with Crippen molar-refractivity contribution in [1.82, 2.24) is 9.38 Å². The number of carbonyl (C=O) groups excluding carboxylic acids is 1. The molecule has 0 bridgehead atoms. The molecule has 1 aromatic carbocycles. The van der Waals surface area contributed by atoms with E-state index in [-0.39, 0.29) is 17.2 Å².